The lowest BCUT2D eigenvalue weighted by molar-refractivity contribution is 0.1000. The van der Waals surface area contributed by atoms with Gasteiger partial charge in [0.1, 0.15) is 5.82 Å². The summed E-state index contributed by atoms with van der Waals surface area (Å²) in [7, 11) is 0. The minimum absolute atomic E-state index is 0.428. The molecule has 104 valence electrons. The van der Waals surface area contributed by atoms with Gasteiger partial charge in [-0.2, -0.15) is 0 Å². The van der Waals surface area contributed by atoms with Crippen molar-refractivity contribution in [3.8, 4) is 0 Å². The first-order chi connectivity index (χ1) is 9.63. The summed E-state index contributed by atoms with van der Waals surface area (Å²) in [6, 6.07) is 9.64. The van der Waals surface area contributed by atoms with E-state index in [-0.39, 0.29) is 0 Å². The molecule has 0 saturated heterocycles. The molecule has 0 atom stereocenters. The molecule has 0 aliphatic rings. The molecule has 1 amide bonds. The minimum Gasteiger partial charge on any atom is -0.365 e. The van der Waals surface area contributed by atoms with Crippen LogP contribution in [0.1, 0.15) is 27.0 Å². The molecule has 0 aliphatic heterocycles. The van der Waals surface area contributed by atoms with Gasteiger partial charge < -0.3 is 16.8 Å². The number of aryl methyl sites for hydroxylation is 1. The lowest BCUT2D eigenvalue weighted by Gasteiger charge is -2.13. The molecule has 0 spiro atoms. The van der Waals surface area contributed by atoms with Crippen LogP contribution in [-0.4, -0.2) is 10.9 Å². The van der Waals surface area contributed by atoms with Crippen molar-refractivity contribution < 1.29 is 4.79 Å². The third-order valence-electron chi connectivity index (χ3n) is 3.19. The Bertz CT molecular complexity index is 625. The van der Waals surface area contributed by atoms with Gasteiger partial charge >= 0.3 is 0 Å². The maximum atomic E-state index is 11.5. The van der Waals surface area contributed by atoms with Crippen molar-refractivity contribution in [1.29, 1.82) is 0 Å². The summed E-state index contributed by atoms with van der Waals surface area (Å²) < 4.78 is 0. The van der Waals surface area contributed by atoms with Crippen molar-refractivity contribution in [3.05, 3.63) is 58.8 Å². The molecule has 5 nitrogen and oxygen atoms in total. The summed E-state index contributed by atoms with van der Waals surface area (Å²) in [5.41, 5.74) is 14.5. The standard InChI is InChI=1S/C15H18N4O/c1-10-6-7-18-15(13(10)14(17)20)19-9-12-5-3-2-4-11(12)8-16/h2-7H,8-9,16H2,1H3,(H2,17,20)(H,18,19). The molecule has 0 unspecified atom stereocenters. The molecule has 0 saturated carbocycles. The predicted octanol–water partition coefficient (Wildman–Crippen LogP) is 1.56. The summed E-state index contributed by atoms with van der Waals surface area (Å²) in [5, 5.41) is 3.16. The molecule has 1 heterocycles. The monoisotopic (exact) mass is 270 g/mol. The van der Waals surface area contributed by atoms with Crippen LogP contribution in [0, 0.1) is 6.92 Å². The highest BCUT2D eigenvalue weighted by molar-refractivity contribution is 5.98. The molecule has 2 rings (SSSR count). The first-order valence-corrected chi connectivity index (χ1v) is 6.39. The van der Waals surface area contributed by atoms with Crippen LogP contribution in [0.3, 0.4) is 0 Å². The zero-order valence-corrected chi connectivity index (χ0v) is 11.4. The Morgan fingerprint density at radius 3 is 2.60 bits per heavy atom. The normalized spacial score (nSPS) is 10.3. The molecule has 0 bridgehead atoms. The molecule has 0 fully saturated rings. The number of pyridine rings is 1. The van der Waals surface area contributed by atoms with Gasteiger partial charge in [0.2, 0.25) is 0 Å². The Hall–Kier alpha value is -2.40. The molecule has 0 aliphatic carbocycles. The number of nitrogens with two attached hydrogens (primary N) is 2. The van der Waals surface area contributed by atoms with Crippen LogP contribution in [-0.2, 0) is 13.1 Å². The highest BCUT2D eigenvalue weighted by Crippen LogP contribution is 2.17. The van der Waals surface area contributed by atoms with Gasteiger partial charge in [0.15, 0.2) is 0 Å². The molecule has 0 radical (unpaired) electrons. The van der Waals surface area contributed by atoms with Gasteiger partial charge in [0, 0.05) is 19.3 Å². The number of carbonyl (C=O) groups excluding carboxylic acids is 1. The number of aromatic nitrogens is 1. The van der Waals surface area contributed by atoms with E-state index in [0.29, 0.717) is 24.5 Å². The van der Waals surface area contributed by atoms with Gasteiger partial charge in [-0.1, -0.05) is 24.3 Å². The van der Waals surface area contributed by atoms with Crippen LogP contribution in [0.15, 0.2) is 36.5 Å². The molecular weight excluding hydrogens is 252 g/mol. The van der Waals surface area contributed by atoms with E-state index in [1.54, 1.807) is 12.3 Å². The van der Waals surface area contributed by atoms with E-state index in [2.05, 4.69) is 10.3 Å². The molecule has 2 aromatic rings. The van der Waals surface area contributed by atoms with Crippen molar-refractivity contribution in [2.45, 2.75) is 20.0 Å². The second-order valence-electron chi connectivity index (χ2n) is 4.54. The smallest absolute Gasteiger partial charge is 0.252 e. The van der Waals surface area contributed by atoms with Crippen molar-refractivity contribution in [1.82, 2.24) is 4.98 Å². The molecule has 5 heteroatoms. The number of nitrogens with one attached hydrogen (secondary N) is 1. The third kappa shape index (κ3) is 2.95. The number of hydrogen-bond acceptors (Lipinski definition) is 4. The fraction of sp³-hybridized carbons (Fsp3) is 0.200. The number of nitrogens with zero attached hydrogens (tertiary/aromatic N) is 1. The molecule has 5 N–H and O–H groups in total. The fourth-order valence-corrected chi connectivity index (χ4v) is 2.11. The number of benzene rings is 1. The molecule has 1 aromatic carbocycles. The number of hydrogen-bond donors (Lipinski definition) is 3. The maximum Gasteiger partial charge on any atom is 0.252 e. The Kier molecular flexibility index (Phi) is 4.32. The van der Waals surface area contributed by atoms with Crippen molar-refractivity contribution in [2.75, 3.05) is 5.32 Å². The largest absolute Gasteiger partial charge is 0.365 e. The highest BCUT2D eigenvalue weighted by Gasteiger charge is 2.12. The van der Waals surface area contributed by atoms with E-state index in [0.717, 1.165) is 16.7 Å². The summed E-state index contributed by atoms with van der Waals surface area (Å²) in [5.74, 6) is 0.0227. The third-order valence-corrected chi connectivity index (χ3v) is 3.19. The van der Waals surface area contributed by atoms with E-state index in [1.165, 1.54) is 0 Å². The first kappa shape index (κ1) is 14.0. The van der Waals surface area contributed by atoms with E-state index < -0.39 is 5.91 Å². The molecule has 1 aromatic heterocycles. The lowest BCUT2D eigenvalue weighted by atomic mass is 10.1. The number of primary amides is 1. The Balaban J connectivity index is 2.23. The first-order valence-electron chi connectivity index (χ1n) is 6.39. The van der Waals surface area contributed by atoms with Crippen LogP contribution in [0.25, 0.3) is 0 Å². The Morgan fingerprint density at radius 2 is 1.95 bits per heavy atom. The second-order valence-corrected chi connectivity index (χ2v) is 4.54. The number of amides is 1. The predicted molar refractivity (Wildman–Crippen MR) is 79.2 cm³/mol. The summed E-state index contributed by atoms with van der Waals surface area (Å²) in [6.07, 6.45) is 1.65. The van der Waals surface area contributed by atoms with Gasteiger partial charge in [-0.3, -0.25) is 4.79 Å². The number of carbonyl (C=O) groups is 1. The average Bonchev–Trinajstić information content (AvgIpc) is 2.45. The quantitative estimate of drug-likeness (QED) is 0.768. The summed E-state index contributed by atoms with van der Waals surface area (Å²) >= 11 is 0. The summed E-state index contributed by atoms with van der Waals surface area (Å²) in [6.45, 7) is 2.85. The minimum atomic E-state index is -0.481. The zero-order valence-electron chi connectivity index (χ0n) is 11.4. The van der Waals surface area contributed by atoms with E-state index in [4.69, 9.17) is 11.5 Å². The van der Waals surface area contributed by atoms with Crippen LogP contribution >= 0.6 is 0 Å². The fourth-order valence-electron chi connectivity index (χ4n) is 2.11. The van der Waals surface area contributed by atoms with Crippen molar-refractivity contribution >= 4 is 11.7 Å². The van der Waals surface area contributed by atoms with E-state index in [1.807, 2.05) is 31.2 Å². The van der Waals surface area contributed by atoms with Gasteiger partial charge in [-0.25, -0.2) is 4.98 Å². The Morgan fingerprint density at radius 1 is 1.25 bits per heavy atom. The highest BCUT2D eigenvalue weighted by atomic mass is 16.1. The van der Waals surface area contributed by atoms with Gasteiger partial charge in [0.25, 0.3) is 5.91 Å². The van der Waals surface area contributed by atoms with Gasteiger partial charge in [-0.15, -0.1) is 0 Å². The summed E-state index contributed by atoms with van der Waals surface area (Å²) in [4.78, 5) is 15.7. The number of rotatable bonds is 5. The second kappa shape index (κ2) is 6.16. The lowest BCUT2D eigenvalue weighted by Crippen LogP contribution is -2.17. The Labute approximate surface area is 118 Å². The molecule has 20 heavy (non-hydrogen) atoms. The molecular formula is C15H18N4O. The van der Waals surface area contributed by atoms with Crippen molar-refractivity contribution in [3.63, 3.8) is 0 Å². The van der Waals surface area contributed by atoms with Crippen LogP contribution < -0.4 is 16.8 Å². The topological polar surface area (TPSA) is 94.0 Å². The van der Waals surface area contributed by atoms with E-state index >= 15 is 0 Å². The van der Waals surface area contributed by atoms with Crippen molar-refractivity contribution in [2.24, 2.45) is 11.5 Å². The van der Waals surface area contributed by atoms with Crippen LogP contribution in [0.5, 0.6) is 0 Å². The zero-order chi connectivity index (χ0) is 14.5. The SMILES string of the molecule is Cc1ccnc(NCc2ccccc2CN)c1C(N)=O. The average molecular weight is 270 g/mol. The van der Waals surface area contributed by atoms with Crippen LogP contribution in [0.4, 0.5) is 5.82 Å². The number of anilines is 1. The van der Waals surface area contributed by atoms with Gasteiger partial charge in [-0.05, 0) is 29.7 Å². The maximum absolute atomic E-state index is 11.5. The van der Waals surface area contributed by atoms with Gasteiger partial charge in [0.05, 0.1) is 5.56 Å². The van der Waals surface area contributed by atoms with E-state index in [9.17, 15) is 4.79 Å². The van der Waals surface area contributed by atoms with Crippen LogP contribution in [0.2, 0.25) is 0 Å².